The normalized spacial score (nSPS) is 10.3. The second kappa shape index (κ2) is 8.49. The van der Waals surface area contributed by atoms with E-state index in [0.717, 1.165) is 15.7 Å². The monoisotopic (exact) mass is 395 g/mol. The van der Waals surface area contributed by atoms with E-state index in [1.807, 2.05) is 84.9 Å². The second-order valence-electron chi connectivity index (χ2n) is 5.52. The molecule has 0 heterocycles. The summed E-state index contributed by atoms with van der Waals surface area (Å²) in [7, 11) is 0. The lowest BCUT2D eigenvalue weighted by Gasteiger charge is -2.23. The van der Waals surface area contributed by atoms with Gasteiger partial charge < -0.3 is 9.64 Å². The standard InChI is InChI=1S/C21H18BrNO2/c22-19-13-7-8-14-20(19)25-16-21(24)23(18-11-5-2-6-12-18)15-17-9-3-1-4-10-17/h1-14H,15-16H2. The van der Waals surface area contributed by atoms with Gasteiger partial charge in [0.05, 0.1) is 11.0 Å². The average Bonchev–Trinajstić information content (AvgIpc) is 2.67. The van der Waals surface area contributed by atoms with Crippen molar-refractivity contribution in [1.29, 1.82) is 0 Å². The third-order valence-electron chi connectivity index (χ3n) is 3.74. The number of nitrogens with zero attached hydrogens (tertiary/aromatic N) is 1. The number of halogens is 1. The molecule has 0 saturated heterocycles. The van der Waals surface area contributed by atoms with E-state index in [1.165, 1.54) is 0 Å². The third-order valence-corrected chi connectivity index (χ3v) is 4.40. The van der Waals surface area contributed by atoms with Crippen LogP contribution in [-0.2, 0) is 11.3 Å². The topological polar surface area (TPSA) is 29.5 Å². The molecule has 0 N–H and O–H groups in total. The Morgan fingerprint density at radius 1 is 0.840 bits per heavy atom. The van der Waals surface area contributed by atoms with E-state index < -0.39 is 0 Å². The molecule has 3 aromatic carbocycles. The van der Waals surface area contributed by atoms with Crippen molar-refractivity contribution < 1.29 is 9.53 Å². The van der Waals surface area contributed by atoms with E-state index in [2.05, 4.69) is 15.9 Å². The molecule has 4 heteroatoms. The van der Waals surface area contributed by atoms with Crippen molar-refractivity contribution in [1.82, 2.24) is 0 Å². The lowest BCUT2D eigenvalue weighted by Crippen LogP contribution is -2.34. The van der Waals surface area contributed by atoms with Gasteiger partial charge in [0.25, 0.3) is 5.91 Å². The van der Waals surface area contributed by atoms with Gasteiger partial charge in [-0.05, 0) is 45.8 Å². The number of benzene rings is 3. The Bertz CT molecular complexity index is 822. The molecule has 0 bridgehead atoms. The first-order chi connectivity index (χ1) is 12.2. The van der Waals surface area contributed by atoms with Crippen LogP contribution >= 0.6 is 15.9 Å². The molecule has 3 aromatic rings. The molecule has 1 amide bonds. The minimum absolute atomic E-state index is 0.0235. The Morgan fingerprint density at radius 3 is 2.12 bits per heavy atom. The molecule has 0 aliphatic rings. The summed E-state index contributed by atoms with van der Waals surface area (Å²) in [6, 6.07) is 27.1. The average molecular weight is 396 g/mol. The first-order valence-electron chi connectivity index (χ1n) is 8.01. The Hall–Kier alpha value is -2.59. The van der Waals surface area contributed by atoms with Crippen LogP contribution in [-0.4, -0.2) is 12.5 Å². The van der Waals surface area contributed by atoms with Crippen LogP contribution in [0.2, 0.25) is 0 Å². The molecule has 3 nitrogen and oxygen atoms in total. The van der Waals surface area contributed by atoms with Crippen LogP contribution < -0.4 is 9.64 Å². The van der Waals surface area contributed by atoms with Crippen molar-refractivity contribution in [3.63, 3.8) is 0 Å². The van der Waals surface area contributed by atoms with Crippen LogP contribution in [0, 0.1) is 0 Å². The van der Waals surface area contributed by atoms with Gasteiger partial charge in [-0.1, -0.05) is 60.7 Å². The number of ether oxygens (including phenoxy) is 1. The highest BCUT2D eigenvalue weighted by molar-refractivity contribution is 9.10. The maximum absolute atomic E-state index is 12.8. The summed E-state index contributed by atoms with van der Waals surface area (Å²) in [6.07, 6.45) is 0. The van der Waals surface area contributed by atoms with Gasteiger partial charge in [-0.3, -0.25) is 4.79 Å². The van der Waals surface area contributed by atoms with Crippen molar-refractivity contribution in [2.45, 2.75) is 6.54 Å². The summed E-state index contributed by atoms with van der Waals surface area (Å²) in [5.74, 6) is 0.564. The van der Waals surface area contributed by atoms with Gasteiger partial charge in [-0.25, -0.2) is 0 Å². The number of hydrogen-bond donors (Lipinski definition) is 0. The van der Waals surface area contributed by atoms with Gasteiger partial charge in [0.2, 0.25) is 0 Å². The first-order valence-corrected chi connectivity index (χ1v) is 8.80. The predicted octanol–water partition coefficient (Wildman–Crippen LogP) is 5.06. The molecule has 0 saturated carbocycles. The van der Waals surface area contributed by atoms with Crippen LogP contribution in [0.1, 0.15) is 5.56 Å². The molecular formula is C21H18BrNO2. The van der Waals surface area contributed by atoms with E-state index in [-0.39, 0.29) is 12.5 Å². The van der Waals surface area contributed by atoms with E-state index in [9.17, 15) is 4.79 Å². The number of anilines is 1. The zero-order valence-corrected chi connectivity index (χ0v) is 15.2. The van der Waals surface area contributed by atoms with Crippen LogP contribution in [0.15, 0.2) is 89.4 Å². The number of hydrogen-bond acceptors (Lipinski definition) is 2. The highest BCUT2D eigenvalue weighted by Gasteiger charge is 2.17. The minimum atomic E-state index is -0.0918. The zero-order valence-electron chi connectivity index (χ0n) is 13.6. The zero-order chi connectivity index (χ0) is 17.5. The predicted molar refractivity (Wildman–Crippen MR) is 104 cm³/mol. The molecule has 0 atom stereocenters. The smallest absolute Gasteiger partial charge is 0.265 e. The second-order valence-corrected chi connectivity index (χ2v) is 6.37. The molecular weight excluding hydrogens is 378 g/mol. The molecule has 0 spiro atoms. The number of rotatable bonds is 6. The van der Waals surface area contributed by atoms with E-state index >= 15 is 0 Å². The molecule has 0 aliphatic carbocycles. The number of carbonyl (C=O) groups excluding carboxylic acids is 1. The summed E-state index contributed by atoms with van der Waals surface area (Å²) >= 11 is 3.43. The van der Waals surface area contributed by atoms with Crippen LogP contribution in [0.4, 0.5) is 5.69 Å². The highest BCUT2D eigenvalue weighted by Crippen LogP contribution is 2.24. The lowest BCUT2D eigenvalue weighted by atomic mass is 10.2. The minimum Gasteiger partial charge on any atom is -0.483 e. The SMILES string of the molecule is O=C(COc1ccccc1Br)N(Cc1ccccc1)c1ccccc1. The van der Waals surface area contributed by atoms with Crippen molar-refractivity contribution in [2.75, 3.05) is 11.5 Å². The van der Waals surface area contributed by atoms with Gasteiger partial charge in [-0.15, -0.1) is 0 Å². The maximum Gasteiger partial charge on any atom is 0.265 e. The van der Waals surface area contributed by atoms with Crippen LogP contribution in [0.3, 0.4) is 0 Å². The van der Waals surface area contributed by atoms with Crippen molar-refractivity contribution >= 4 is 27.5 Å². The molecule has 3 rings (SSSR count). The Morgan fingerprint density at radius 2 is 1.44 bits per heavy atom. The molecule has 0 aromatic heterocycles. The highest BCUT2D eigenvalue weighted by atomic mass is 79.9. The lowest BCUT2D eigenvalue weighted by molar-refractivity contribution is -0.120. The number of amides is 1. The molecule has 126 valence electrons. The van der Waals surface area contributed by atoms with Crippen LogP contribution in [0.5, 0.6) is 5.75 Å². The summed E-state index contributed by atoms with van der Waals surface area (Å²) < 4.78 is 6.53. The molecule has 0 aliphatic heterocycles. The molecule has 0 unspecified atom stereocenters. The summed E-state index contributed by atoms with van der Waals surface area (Å²) in [6.45, 7) is 0.480. The van der Waals surface area contributed by atoms with E-state index in [4.69, 9.17) is 4.74 Å². The van der Waals surface area contributed by atoms with Crippen molar-refractivity contribution in [3.05, 3.63) is 95.0 Å². The number of para-hydroxylation sites is 2. The molecule has 25 heavy (non-hydrogen) atoms. The summed E-state index contributed by atoms with van der Waals surface area (Å²) in [5.41, 5.74) is 1.92. The fourth-order valence-electron chi connectivity index (χ4n) is 2.48. The van der Waals surface area contributed by atoms with Crippen molar-refractivity contribution in [2.24, 2.45) is 0 Å². The number of carbonyl (C=O) groups is 1. The summed E-state index contributed by atoms with van der Waals surface area (Å²) in [5, 5.41) is 0. The molecule has 0 radical (unpaired) electrons. The van der Waals surface area contributed by atoms with E-state index in [1.54, 1.807) is 4.90 Å². The fourth-order valence-corrected chi connectivity index (χ4v) is 2.88. The Labute approximate surface area is 156 Å². The van der Waals surface area contributed by atoms with Crippen molar-refractivity contribution in [3.8, 4) is 5.75 Å². The Balaban J connectivity index is 1.76. The van der Waals surface area contributed by atoms with Crippen LogP contribution in [0.25, 0.3) is 0 Å². The van der Waals surface area contributed by atoms with E-state index in [0.29, 0.717) is 12.3 Å². The maximum atomic E-state index is 12.8. The van der Waals surface area contributed by atoms with Gasteiger partial charge in [0.15, 0.2) is 6.61 Å². The summed E-state index contributed by atoms with van der Waals surface area (Å²) in [4.78, 5) is 14.6. The largest absolute Gasteiger partial charge is 0.483 e. The fraction of sp³-hybridized carbons (Fsp3) is 0.0952. The van der Waals surface area contributed by atoms with Gasteiger partial charge in [0, 0.05) is 5.69 Å². The van der Waals surface area contributed by atoms with Gasteiger partial charge in [-0.2, -0.15) is 0 Å². The molecule has 0 fully saturated rings. The first kappa shape index (κ1) is 17.2. The third kappa shape index (κ3) is 4.70. The quantitative estimate of drug-likeness (QED) is 0.583. The Kier molecular flexibility index (Phi) is 5.86. The van der Waals surface area contributed by atoms with Gasteiger partial charge >= 0.3 is 0 Å². The van der Waals surface area contributed by atoms with Gasteiger partial charge in [0.1, 0.15) is 5.75 Å².